The van der Waals surface area contributed by atoms with Crippen molar-refractivity contribution in [3.63, 3.8) is 0 Å². The predicted molar refractivity (Wildman–Crippen MR) is 78.5 cm³/mol. The van der Waals surface area contributed by atoms with Crippen LogP contribution in [0.15, 0.2) is 46.1 Å². The van der Waals surface area contributed by atoms with Crippen molar-refractivity contribution in [2.45, 2.75) is 18.0 Å². The van der Waals surface area contributed by atoms with Crippen LogP contribution >= 0.6 is 0 Å². The van der Waals surface area contributed by atoms with E-state index in [0.717, 1.165) is 11.1 Å². The SMILES string of the molecule is CNCc1ccc(OC)c(S(=O)(=O)NCc2ccoc2)c1. The molecule has 1 aromatic heterocycles. The van der Waals surface area contributed by atoms with Crippen LogP contribution in [-0.2, 0) is 23.1 Å². The van der Waals surface area contributed by atoms with Crippen LogP contribution in [0, 0.1) is 0 Å². The minimum Gasteiger partial charge on any atom is -0.495 e. The Hall–Kier alpha value is -1.83. The summed E-state index contributed by atoms with van der Waals surface area (Å²) in [4.78, 5) is 0.126. The Morgan fingerprint density at radius 3 is 2.62 bits per heavy atom. The van der Waals surface area contributed by atoms with Crippen LogP contribution in [0.4, 0.5) is 0 Å². The molecule has 0 radical (unpaired) electrons. The van der Waals surface area contributed by atoms with Gasteiger partial charge in [-0.1, -0.05) is 6.07 Å². The maximum Gasteiger partial charge on any atom is 0.244 e. The third kappa shape index (κ3) is 3.84. The number of hydrogen-bond donors (Lipinski definition) is 2. The van der Waals surface area contributed by atoms with Crippen LogP contribution in [-0.4, -0.2) is 22.6 Å². The number of hydrogen-bond acceptors (Lipinski definition) is 5. The number of methoxy groups -OCH3 is 1. The lowest BCUT2D eigenvalue weighted by molar-refractivity contribution is 0.402. The quantitative estimate of drug-likeness (QED) is 0.810. The van der Waals surface area contributed by atoms with E-state index in [0.29, 0.717) is 12.3 Å². The zero-order valence-electron chi connectivity index (χ0n) is 11.9. The van der Waals surface area contributed by atoms with Crippen LogP contribution in [0.5, 0.6) is 5.75 Å². The minimum absolute atomic E-state index is 0.126. The van der Waals surface area contributed by atoms with E-state index < -0.39 is 10.0 Å². The fourth-order valence-electron chi connectivity index (χ4n) is 1.89. The fraction of sp³-hybridized carbons (Fsp3) is 0.286. The normalized spacial score (nSPS) is 11.5. The van der Waals surface area contributed by atoms with Gasteiger partial charge in [0.25, 0.3) is 0 Å². The summed E-state index contributed by atoms with van der Waals surface area (Å²) in [5.74, 6) is 0.314. The van der Waals surface area contributed by atoms with Gasteiger partial charge in [0.1, 0.15) is 10.6 Å². The average molecular weight is 310 g/mol. The molecule has 7 heteroatoms. The zero-order chi connectivity index (χ0) is 15.3. The van der Waals surface area contributed by atoms with Gasteiger partial charge >= 0.3 is 0 Å². The molecule has 2 aromatic rings. The van der Waals surface area contributed by atoms with Crippen molar-refractivity contribution in [3.8, 4) is 5.75 Å². The highest BCUT2D eigenvalue weighted by Crippen LogP contribution is 2.25. The molecular weight excluding hydrogens is 292 g/mol. The number of sulfonamides is 1. The Bertz CT molecular complexity index is 681. The molecule has 114 valence electrons. The molecule has 0 atom stereocenters. The largest absolute Gasteiger partial charge is 0.495 e. The van der Waals surface area contributed by atoms with Gasteiger partial charge < -0.3 is 14.5 Å². The predicted octanol–water partition coefficient (Wildman–Crippen LogP) is 1.49. The van der Waals surface area contributed by atoms with E-state index in [1.165, 1.54) is 19.6 Å². The van der Waals surface area contributed by atoms with Gasteiger partial charge in [-0.05, 0) is 30.8 Å². The molecule has 1 heterocycles. The summed E-state index contributed by atoms with van der Waals surface area (Å²) >= 11 is 0. The number of nitrogens with one attached hydrogen (secondary N) is 2. The minimum atomic E-state index is -3.66. The first-order chi connectivity index (χ1) is 10.1. The first-order valence-electron chi connectivity index (χ1n) is 6.39. The Morgan fingerprint density at radius 2 is 2.00 bits per heavy atom. The van der Waals surface area contributed by atoms with E-state index in [2.05, 4.69) is 10.0 Å². The second-order valence-corrected chi connectivity index (χ2v) is 6.21. The molecule has 0 amide bonds. The summed E-state index contributed by atoms with van der Waals surface area (Å²) in [6.07, 6.45) is 2.99. The third-order valence-electron chi connectivity index (χ3n) is 2.94. The van der Waals surface area contributed by atoms with E-state index in [-0.39, 0.29) is 11.4 Å². The molecule has 0 bridgehead atoms. The maximum absolute atomic E-state index is 12.4. The Morgan fingerprint density at radius 1 is 1.19 bits per heavy atom. The van der Waals surface area contributed by atoms with Crippen molar-refractivity contribution in [1.82, 2.24) is 10.0 Å². The van der Waals surface area contributed by atoms with Crippen molar-refractivity contribution < 1.29 is 17.6 Å². The molecule has 0 aliphatic rings. The smallest absolute Gasteiger partial charge is 0.244 e. The molecular formula is C14H18N2O4S. The number of ether oxygens (including phenoxy) is 1. The van der Waals surface area contributed by atoms with Gasteiger partial charge in [-0.25, -0.2) is 13.1 Å². The summed E-state index contributed by atoms with van der Waals surface area (Å²) in [6.45, 7) is 0.743. The number of benzene rings is 1. The molecule has 0 aliphatic heterocycles. The van der Waals surface area contributed by atoms with Gasteiger partial charge in [-0.2, -0.15) is 0 Å². The van der Waals surface area contributed by atoms with Crippen LogP contribution in [0.2, 0.25) is 0 Å². The highest BCUT2D eigenvalue weighted by molar-refractivity contribution is 7.89. The fourth-order valence-corrected chi connectivity index (χ4v) is 3.13. The lowest BCUT2D eigenvalue weighted by Crippen LogP contribution is -2.24. The summed E-state index contributed by atoms with van der Waals surface area (Å²) in [7, 11) is -0.417. The van der Waals surface area contributed by atoms with Crippen molar-refractivity contribution in [3.05, 3.63) is 47.9 Å². The topological polar surface area (TPSA) is 80.6 Å². The second-order valence-electron chi connectivity index (χ2n) is 4.47. The highest BCUT2D eigenvalue weighted by atomic mass is 32.2. The van der Waals surface area contributed by atoms with Crippen molar-refractivity contribution in [1.29, 1.82) is 0 Å². The van der Waals surface area contributed by atoms with Crippen LogP contribution in [0.1, 0.15) is 11.1 Å². The van der Waals surface area contributed by atoms with E-state index in [9.17, 15) is 8.42 Å². The number of rotatable bonds is 7. The first kappa shape index (κ1) is 15.6. The average Bonchev–Trinajstić information content (AvgIpc) is 2.99. The molecule has 6 nitrogen and oxygen atoms in total. The Balaban J connectivity index is 2.26. The molecule has 2 rings (SSSR count). The molecule has 0 aliphatic carbocycles. The molecule has 0 saturated carbocycles. The van der Waals surface area contributed by atoms with E-state index in [4.69, 9.17) is 9.15 Å². The zero-order valence-corrected chi connectivity index (χ0v) is 12.7. The lowest BCUT2D eigenvalue weighted by Gasteiger charge is -2.12. The van der Waals surface area contributed by atoms with Gasteiger partial charge in [0.2, 0.25) is 10.0 Å². The lowest BCUT2D eigenvalue weighted by atomic mass is 10.2. The Labute approximate surface area is 124 Å². The number of furan rings is 1. The first-order valence-corrected chi connectivity index (χ1v) is 7.87. The van der Waals surface area contributed by atoms with Gasteiger partial charge in [-0.3, -0.25) is 0 Å². The molecule has 21 heavy (non-hydrogen) atoms. The van der Waals surface area contributed by atoms with Crippen LogP contribution in [0.3, 0.4) is 0 Å². The Kier molecular flexibility index (Phi) is 5.00. The maximum atomic E-state index is 12.4. The van der Waals surface area contributed by atoms with E-state index in [1.807, 2.05) is 6.07 Å². The van der Waals surface area contributed by atoms with Crippen LogP contribution in [0.25, 0.3) is 0 Å². The molecule has 1 aromatic carbocycles. The highest BCUT2D eigenvalue weighted by Gasteiger charge is 2.20. The summed E-state index contributed by atoms with van der Waals surface area (Å²) in [5, 5.41) is 2.99. The summed E-state index contributed by atoms with van der Waals surface area (Å²) in [5.41, 5.74) is 1.62. The molecule has 0 unspecified atom stereocenters. The summed E-state index contributed by atoms with van der Waals surface area (Å²) in [6, 6.07) is 6.79. The van der Waals surface area contributed by atoms with Gasteiger partial charge in [0.05, 0.1) is 19.6 Å². The molecule has 2 N–H and O–H groups in total. The van der Waals surface area contributed by atoms with E-state index >= 15 is 0 Å². The molecule has 0 spiro atoms. The molecule has 0 fully saturated rings. The van der Waals surface area contributed by atoms with Crippen molar-refractivity contribution in [2.75, 3.05) is 14.2 Å². The standard InChI is InChI=1S/C14H18N2O4S/c1-15-8-11-3-4-13(19-2)14(7-11)21(17,18)16-9-12-5-6-20-10-12/h3-7,10,15-16H,8-9H2,1-2H3. The van der Waals surface area contributed by atoms with Crippen molar-refractivity contribution in [2.24, 2.45) is 0 Å². The summed E-state index contributed by atoms with van der Waals surface area (Å²) < 4.78 is 37.4. The monoisotopic (exact) mass is 310 g/mol. The van der Waals surface area contributed by atoms with Crippen molar-refractivity contribution >= 4 is 10.0 Å². The third-order valence-corrected chi connectivity index (χ3v) is 4.37. The molecule has 0 saturated heterocycles. The second kappa shape index (κ2) is 6.75. The van der Waals surface area contributed by atoms with Gasteiger partial charge in [-0.15, -0.1) is 0 Å². The van der Waals surface area contributed by atoms with Crippen LogP contribution < -0.4 is 14.8 Å². The van der Waals surface area contributed by atoms with Gasteiger partial charge in [0, 0.05) is 18.7 Å². The van der Waals surface area contributed by atoms with E-state index in [1.54, 1.807) is 25.2 Å². The van der Waals surface area contributed by atoms with Gasteiger partial charge in [0.15, 0.2) is 0 Å².